The molecule has 18 heavy (non-hydrogen) atoms. The number of hydrogen-bond acceptors (Lipinski definition) is 5. The Labute approximate surface area is 105 Å². The first-order valence-electron chi connectivity index (χ1n) is 5.63. The van der Waals surface area contributed by atoms with Crippen molar-refractivity contribution in [2.75, 3.05) is 17.7 Å². The molecule has 1 amide bonds. The Balaban J connectivity index is 2.27. The van der Waals surface area contributed by atoms with Crippen LogP contribution in [0.5, 0.6) is 0 Å². The molecule has 1 aromatic heterocycles. The molecule has 6 nitrogen and oxygen atoms in total. The lowest BCUT2D eigenvalue weighted by atomic mass is 10.1. The van der Waals surface area contributed by atoms with E-state index in [0.717, 1.165) is 11.3 Å². The summed E-state index contributed by atoms with van der Waals surface area (Å²) in [5, 5.41) is 5.73. The van der Waals surface area contributed by atoms with Crippen LogP contribution in [-0.4, -0.2) is 30.0 Å². The van der Waals surface area contributed by atoms with E-state index in [4.69, 9.17) is 0 Å². The molecular weight excluding hydrogens is 234 g/mol. The average molecular weight is 249 g/mol. The van der Waals surface area contributed by atoms with E-state index >= 15 is 0 Å². The van der Waals surface area contributed by atoms with Crippen molar-refractivity contribution in [1.29, 1.82) is 0 Å². The van der Waals surface area contributed by atoms with E-state index in [-0.39, 0.29) is 12.3 Å². The first kappa shape index (κ1) is 12.3. The zero-order chi connectivity index (χ0) is 13.3. The fourth-order valence-electron chi connectivity index (χ4n) is 1.93. The maximum atomic E-state index is 11.8. The maximum Gasteiger partial charge on any atom is 0.308 e. The topological polar surface area (TPSA) is 80.3 Å². The highest BCUT2D eigenvalue weighted by molar-refractivity contribution is 6.04. The lowest BCUT2D eigenvalue weighted by Crippen LogP contribution is -2.41. The number of methoxy groups -OCH3 is 1. The van der Waals surface area contributed by atoms with E-state index in [1.165, 1.54) is 7.11 Å². The Morgan fingerprint density at radius 1 is 1.50 bits per heavy atom. The van der Waals surface area contributed by atoms with Gasteiger partial charge in [-0.05, 0) is 25.5 Å². The van der Waals surface area contributed by atoms with Gasteiger partial charge in [0, 0.05) is 5.69 Å². The SMILES string of the molecule is COC(=O)CC1Nc2nc(C)cc(C)c2NC1=O. The van der Waals surface area contributed by atoms with Crippen LogP contribution >= 0.6 is 0 Å². The van der Waals surface area contributed by atoms with Crippen LogP contribution in [-0.2, 0) is 14.3 Å². The number of esters is 1. The molecule has 0 saturated heterocycles. The third-order valence-electron chi connectivity index (χ3n) is 2.82. The number of hydrogen-bond donors (Lipinski definition) is 2. The number of rotatable bonds is 2. The van der Waals surface area contributed by atoms with Gasteiger partial charge in [-0.2, -0.15) is 0 Å². The fourth-order valence-corrected chi connectivity index (χ4v) is 1.93. The molecule has 1 aromatic rings. The summed E-state index contributed by atoms with van der Waals surface area (Å²) < 4.78 is 4.56. The summed E-state index contributed by atoms with van der Waals surface area (Å²) in [5.74, 6) is -0.0851. The van der Waals surface area contributed by atoms with Gasteiger partial charge in [0.2, 0.25) is 5.91 Å². The molecule has 0 spiro atoms. The first-order valence-corrected chi connectivity index (χ1v) is 5.63. The van der Waals surface area contributed by atoms with Gasteiger partial charge in [0.05, 0.1) is 19.2 Å². The Morgan fingerprint density at radius 2 is 2.22 bits per heavy atom. The summed E-state index contributed by atoms with van der Waals surface area (Å²) in [5.41, 5.74) is 2.47. The monoisotopic (exact) mass is 249 g/mol. The molecule has 2 N–H and O–H groups in total. The molecule has 2 rings (SSSR count). The van der Waals surface area contributed by atoms with Crippen LogP contribution in [0.4, 0.5) is 11.5 Å². The summed E-state index contributed by atoms with van der Waals surface area (Å²) in [6.07, 6.45) is -0.0174. The molecule has 1 aliphatic rings. The largest absolute Gasteiger partial charge is 0.469 e. The zero-order valence-electron chi connectivity index (χ0n) is 10.5. The fraction of sp³-hybridized carbons (Fsp3) is 0.417. The number of ether oxygens (including phenoxy) is 1. The van der Waals surface area contributed by atoms with E-state index in [9.17, 15) is 9.59 Å². The standard InChI is InChI=1S/C12H15N3O3/c1-6-4-7(2)13-11-10(6)15-12(17)8(14-11)5-9(16)18-3/h4,8H,5H2,1-3H3,(H,13,14)(H,15,17). The lowest BCUT2D eigenvalue weighted by molar-refractivity contribution is -0.142. The molecule has 0 radical (unpaired) electrons. The van der Waals surface area contributed by atoms with Crippen molar-refractivity contribution in [3.8, 4) is 0 Å². The molecule has 6 heteroatoms. The minimum atomic E-state index is -0.640. The highest BCUT2D eigenvalue weighted by Crippen LogP contribution is 2.29. The van der Waals surface area contributed by atoms with Crippen LogP contribution in [0.15, 0.2) is 6.07 Å². The summed E-state index contributed by atoms with van der Waals surface area (Å²) in [7, 11) is 1.30. The minimum Gasteiger partial charge on any atom is -0.469 e. The van der Waals surface area contributed by atoms with Gasteiger partial charge in [-0.15, -0.1) is 0 Å². The molecule has 0 aromatic carbocycles. The second kappa shape index (κ2) is 4.64. The Hall–Kier alpha value is -2.11. The minimum absolute atomic E-state index is 0.0174. The molecule has 1 atom stereocenters. The van der Waals surface area contributed by atoms with E-state index in [2.05, 4.69) is 20.4 Å². The molecule has 1 aliphatic heterocycles. The van der Waals surface area contributed by atoms with Gasteiger partial charge < -0.3 is 15.4 Å². The third kappa shape index (κ3) is 2.27. The average Bonchev–Trinajstić information content (AvgIpc) is 2.31. The highest BCUT2D eigenvalue weighted by Gasteiger charge is 2.29. The summed E-state index contributed by atoms with van der Waals surface area (Å²) in [4.78, 5) is 27.4. The number of pyridine rings is 1. The number of aromatic nitrogens is 1. The number of fused-ring (bicyclic) bond motifs is 1. The predicted molar refractivity (Wildman–Crippen MR) is 66.4 cm³/mol. The Bertz CT molecular complexity index is 514. The van der Waals surface area contributed by atoms with Crippen molar-refractivity contribution >= 4 is 23.4 Å². The van der Waals surface area contributed by atoms with E-state index in [1.807, 2.05) is 19.9 Å². The third-order valence-corrected chi connectivity index (χ3v) is 2.82. The van der Waals surface area contributed by atoms with Crippen LogP contribution in [0.2, 0.25) is 0 Å². The highest BCUT2D eigenvalue weighted by atomic mass is 16.5. The zero-order valence-corrected chi connectivity index (χ0v) is 10.5. The van der Waals surface area contributed by atoms with Gasteiger partial charge in [0.15, 0.2) is 5.82 Å². The molecule has 0 bridgehead atoms. The number of amides is 1. The normalized spacial score (nSPS) is 17.5. The molecular formula is C12H15N3O3. The summed E-state index contributed by atoms with van der Waals surface area (Å²) in [6.45, 7) is 3.77. The molecule has 2 heterocycles. The van der Waals surface area contributed by atoms with Gasteiger partial charge in [0.25, 0.3) is 0 Å². The maximum absolute atomic E-state index is 11.8. The van der Waals surface area contributed by atoms with Gasteiger partial charge in [-0.3, -0.25) is 9.59 Å². The second-order valence-electron chi connectivity index (χ2n) is 4.27. The predicted octanol–water partition coefficient (Wildman–Crippen LogP) is 0.994. The lowest BCUT2D eigenvalue weighted by Gasteiger charge is -2.26. The number of aryl methyl sites for hydroxylation is 2. The van der Waals surface area contributed by atoms with Crippen LogP contribution in [0, 0.1) is 13.8 Å². The number of nitrogens with one attached hydrogen (secondary N) is 2. The van der Waals surface area contributed by atoms with Crippen molar-refractivity contribution in [3.63, 3.8) is 0 Å². The van der Waals surface area contributed by atoms with Crippen LogP contribution in [0.1, 0.15) is 17.7 Å². The van der Waals surface area contributed by atoms with Gasteiger partial charge in [-0.25, -0.2) is 4.98 Å². The van der Waals surface area contributed by atoms with Crippen molar-refractivity contribution in [1.82, 2.24) is 4.98 Å². The molecule has 0 aliphatic carbocycles. The van der Waals surface area contributed by atoms with Crippen molar-refractivity contribution in [2.45, 2.75) is 26.3 Å². The van der Waals surface area contributed by atoms with Gasteiger partial charge in [0.1, 0.15) is 6.04 Å². The Kier molecular flexibility index (Phi) is 3.18. The van der Waals surface area contributed by atoms with Crippen LogP contribution in [0.25, 0.3) is 0 Å². The van der Waals surface area contributed by atoms with Gasteiger partial charge in [-0.1, -0.05) is 0 Å². The smallest absolute Gasteiger partial charge is 0.308 e. The van der Waals surface area contributed by atoms with Crippen molar-refractivity contribution < 1.29 is 14.3 Å². The molecule has 0 fully saturated rings. The first-order chi connectivity index (χ1) is 8.51. The van der Waals surface area contributed by atoms with E-state index in [1.54, 1.807) is 0 Å². The second-order valence-corrected chi connectivity index (χ2v) is 4.27. The molecule has 0 saturated carbocycles. The van der Waals surface area contributed by atoms with Crippen molar-refractivity contribution in [3.05, 3.63) is 17.3 Å². The van der Waals surface area contributed by atoms with Crippen LogP contribution < -0.4 is 10.6 Å². The molecule has 96 valence electrons. The van der Waals surface area contributed by atoms with E-state index in [0.29, 0.717) is 11.5 Å². The number of anilines is 2. The summed E-state index contributed by atoms with van der Waals surface area (Å²) in [6, 6.07) is 1.25. The van der Waals surface area contributed by atoms with E-state index < -0.39 is 12.0 Å². The number of nitrogens with zero attached hydrogens (tertiary/aromatic N) is 1. The summed E-state index contributed by atoms with van der Waals surface area (Å²) >= 11 is 0. The quantitative estimate of drug-likeness (QED) is 0.764. The van der Waals surface area contributed by atoms with Gasteiger partial charge >= 0.3 is 5.97 Å². The number of carbonyl (C=O) groups is 2. The van der Waals surface area contributed by atoms with Crippen molar-refractivity contribution in [2.24, 2.45) is 0 Å². The van der Waals surface area contributed by atoms with Crippen LogP contribution in [0.3, 0.4) is 0 Å². The Morgan fingerprint density at radius 3 is 2.89 bits per heavy atom. The number of carbonyl (C=O) groups excluding carboxylic acids is 2. The molecule has 1 unspecified atom stereocenters.